The summed E-state index contributed by atoms with van der Waals surface area (Å²) in [6.45, 7) is 1.46. The van der Waals surface area contributed by atoms with Crippen molar-refractivity contribution in [2.24, 2.45) is 11.8 Å². The molecular formula is C17H17NO5. The Morgan fingerprint density at radius 3 is 2.43 bits per heavy atom. The predicted molar refractivity (Wildman–Crippen MR) is 80.9 cm³/mol. The van der Waals surface area contributed by atoms with E-state index in [1.165, 1.54) is 4.90 Å². The van der Waals surface area contributed by atoms with E-state index in [1.807, 2.05) is 0 Å². The Bertz CT molecular complexity index is 727. The van der Waals surface area contributed by atoms with Crippen LogP contribution in [0.2, 0.25) is 0 Å². The SMILES string of the molecule is COc1ccc(N2C(=O)[C@H]3[C@H](C2=O)[C@]2(CO)C=C[C@@]3(C)O2)cc1. The molecule has 6 nitrogen and oxygen atoms in total. The molecule has 120 valence electrons. The Morgan fingerprint density at radius 1 is 1.17 bits per heavy atom. The Balaban J connectivity index is 1.76. The number of rotatable bonds is 3. The summed E-state index contributed by atoms with van der Waals surface area (Å²) in [5.74, 6) is -1.25. The van der Waals surface area contributed by atoms with Crippen LogP contribution in [0.3, 0.4) is 0 Å². The highest BCUT2D eigenvalue weighted by Gasteiger charge is 2.72. The first kappa shape index (κ1) is 14.4. The summed E-state index contributed by atoms with van der Waals surface area (Å²) in [6, 6.07) is 6.77. The van der Waals surface area contributed by atoms with Crippen molar-refractivity contribution in [1.82, 2.24) is 0 Å². The molecule has 2 saturated heterocycles. The van der Waals surface area contributed by atoms with Crippen LogP contribution in [0.5, 0.6) is 5.75 Å². The molecule has 2 fully saturated rings. The van der Waals surface area contributed by atoms with Gasteiger partial charge in [0.05, 0.1) is 36.8 Å². The van der Waals surface area contributed by atoms with E-state index in [9.17, 15) is 14.7 Å². The molecule has 0 aliphatic carbocycles. The van der Waals surface area contributed by atoms with E-state index in [-0.39, 0.29) is 18.4 Å². The molecule has 3 heterocycles. The molecule has 1 N–H and O–H groups in total. The lowest BCUT2D eigenvalue weighted by molar-refractivity contribution is -0.131. The van der Waals surface area contributed by atoms with Gasteiger partial charge in [-0.3, -0.25) is 9.59 Å². The normalized spacial score (nSPS) is 37.6. The number of carbonyl (C=O) groups excluding carboxylic acids is 2. The third kappa shape index (κ3) is 1.65. The molecule has 0 radical (unpaired) electrons. The fraction of sp³-hybridized carbons (Fsp3) is 0.412. The van der Waals surface area contributed by atoms with Gasteiger partial charge in [-0.25, -0.2) is 4.90 Å². The number of anilines is 1. The van der Waals surface area contributed by atoms with Crippen LogP contribution >= 0.6 is 0 Å². The van der Waals surface area contributed by atoms with E-state index < -0.39 is 23.0 Å². The lowest BCUT2D eigenvalue weighted by atomic mass is 9.73. The van der Waals surface area contributed by atoms with E-state index in [0.29, 0.717) is 11.4 Å². The zero-order valence-corrected chi connectivity index (χ0v) is 12.9. The predicted octanol–water partition coefficient (Wildman–Crippen LogP) is 0.891. The first-order valence-corrected chi connectivity index (χ1v) is 7.49. The Hall–Kier alpha value is -2.18. The minimum atomic E-state index is -1.09. The Labute approximate surface area is 133 Å². The maximum absolute atomic E-state index is 12.9. The van der Waals surface area contributed by atoms with Crippen LogP contribution in [-0.2, 0) is 14.3 Å². The molecule has 4 rings (SSSR count). The second-order valence-corrected chi connectivity index (χ2v) is 6.40. The molecule has 23 heavy (non-hydrogen) atoms. The van der Waals surface area contributed by atoms with Crippen molar-refractivity contribution in [3.8, 4) is 5.75 Å². The Morgan fingerprint density at radius 2 is 1.83 bits per heavy atom. The van der Waals surface area contributed by atoms with Gasteiger partial charge in [-0.1, -0.05) is 12.2 Å². The number of fused-ring (bicyclic) bond motifs is 5. The van der Waals surface area contributed by atoms with Crippen molar-refractivity contribution in [3.63, 3.8) is 0 Å². The minimum absolute atomic E-state index is 0.285. The molecule has 3 aliphatic heterocycles. The molecule has 2 amide bonds. The fourth-order valence-electron chi connectivity index (χ4n) is 4.03. The van der Waals surface area contributed by atoms with Crippen LogP contribution in [0.25, 0.3) is 0 Å². The van der Waals surface area contributed by atoms with Gasteiger partial charge >= 0.3 is 0 Å². The van der Waals surface area contributed by atoms with Gasteiger partial charge in [-0.2, -0.15) is 0 Å². The van der Waals surface area contributed by atoms with Crippen molar-refractivity contribution in [2.75, 3.05) is 18.6 Å². The minimum Gasteiger partial charge on any atom is -0.497 e. The summed E-state index contributed by atoms with van der Waals surface area (Å²) in [7, 11) is 1.55. The van der Waals surface area contributed by atoms with Gasteiger partial charge in [-0.05, 0) is 31.2 Å². The van der Waals surface area contributed by atoms with Gasteiger partial charge < -0.3 is 14.6 Å². The number of carbonyl (C=O) groups is 2. The third-order valence-electron chi connectivity index (χ3n) is 5.13. The number of amides is 2. The number of methoxy groups -OCH3 is 1. The first-order valence-electron chi connectivity index (χ1n) is 7.49. The van der Waals surface area contributed by atoms with Crippen LogP contribution in [0, 0.1) is 11.8 Å². The van der Waals surface area contributed by atoms with Gasteiger partial charge in [-0.15, -0.1) is 0 Å². The molecule has 4 atom stereocenters. The average Bonchev–Trinajstić information content (AvgIpc) is 3.14. The summed E-state index contributed by atoms with van der Waals surface area (Å²) in [6.07, 6.45) is 3.50. The highest BCUT2D eigenvalue weighted by molar-refractivity contribution is 6.23. The van der Waals surface area contributed by atoms with Gasteiger partial charge in [0.1, 0.15) is 11.4 Å². The molecule has 6 heteroatoms. The van der Waals surface area contributed by atoms with Gasteiger partial charge in [0.15, 0.2) is 0 Å². The average molecular weight is 315 g/mol. The van der Waals surface area contributed by atoms with E-state index in [0.717, 1.165) is 0 Å². The van der Waals surface area contributed by atoms with Crippen LogP contribution in [0.1, 0.15) is 6.92 Å². The van der Waals surface area contributed by atoms with Gasteiger partial charge in [0.2, 0.25) is 11.8 Å². The number of nitrogens with zero attached hydrogens (tertiary/aromatic N) is 1. The summed E-state index contributed by atoms with van der Waals surface area (Å²) in [5.41, 5.74) is -1.43. The van der Waals surface area contributed by atoms with Crippen LogP contribution in [0.15, 0.2) is 36.4 Å². The van der Waals surface area contributed by atoms with Crippen molar-refractivity contribution >= 4 is 17.5 Å². The van der Waals surface area contributed by atoms with Crippen LogP contribution in [0.4, 0.5) is 5.69 Å². The molecule has 0 spiro atoms. The van der Waals surface area contributed by atoms with Crippen molar-refractivity contribution in [2.45, 2.75) is 18.1 Å². The molecular weight excluding hydrogens is 298 g/mol. The van der Waals surface area contributed by atoms with Crippen LogP contribution < -0.4 is 9.64 Å². The monoisotopic (exact) mass is 315 g/mol. The van der Waals surface area contributed by atoms with Gasteiger partial charge in [0.25, 0.3) is 0 Å². The fourth-order valence-corrected chi connectivity index (χ4v) is 4.03. The third-order valence-corrected chi connectivity index (χ3v) is 5.13. The summed E-state index contributed by atoms with van der Waals surface area (Å²) >= 11 is 0. The molecule has 0 aromatic heterocycles. The van der Waals surface area contributed by atoms with Crippen molar-refractivity contribution in [3.05, 3.63) is 36.4 Å². The van der Waals surface area contributed by atoms with Crippen molar-refractivity contribution < 1.29 is 24.2 Å². The number of imide groups is 1. The van der Waals surface area contributed by atoms with Gasteiger partial charge in [0, 0.05) is 0 Å². The largest absolute Gasteiger partial charge is 0.497 e. The molecule has 1 aromatic rings. The second kappa shape index (κ2) is 4.43. The number of hydrogen-bond acceptors (Lipinski definition) is 5. The molecule has 3 aliphatic rings. The molecule has 0 saturated carbocycles. The van der Waals surface area contributed by atoms with E-state index >= 15 is 0 Å². The lowest BCUT2D eigenvalue weighted by Crippen LogP contribution is -2.43. The lowest BCUT2D eigenvalue weighted by Gasteiger charge is -2.26. The summed E-state index contributed by atoms with van der Waals surface area (Å²) in [4.78, 5) is 27.0. The van der Waals surface area contributed by atoms with Crippen molar-refractivity contribution in [1.29, 1.82) is 0 Å². The number of hydrogen-bond donors (Lipinski definition) is 1. The number of aliphatic hydroxyl groups is 1. The molecule has 0 unspecified atom stereocenters. The zero-order chi connectivity index (χ0) is 16.4. The van der Waals surface area contributed by atoms with E-state index in [1.54, 1.807) is 50.5 Å². The highest BCUT2D eigenvalue weighted by Crippen LogP contribution is 2.57. The smallest absolute Gasteiger partial charge is 0.241 e. The maximum atomic E-state index is 12.9. The molecule has 1 aromatic carbocycles. The van der Waals surface area contributed by atoms with E-state index in [2.05, 4.69) is 0 Å². The molecule has 2 bridgehead atoms. The van der Waals surface area contributed by atoms with E-state index in [4.69, 9.17) is 9.47 Å². The number of aliphatic hydroxyl groups excluding tert-OH is 1. The first-order chi connectivity index (χ1) is 11.0. The Kier molecular flexibility index (Phi) is 2.77. The second-order valence-electron chi connectivity index (χ2n) is 6.40. The number of ether oxygens (including phenoxy) is 2. The highest BCUT2D eigenvalue weighted by atomic mass is 16.5. The zero-order valence-electron chi connectivity index (χ0n) is 12.9. The standard InChI is InChI=1S/C17H17NO5/c1-16-7-8-17(9-19,23-16)13-12(16)14(20)18(15(13)21)10-3-5-11(22-2)6-4-10/h3-8,12-13,19H,9H2,1-2H3/t12-,13-,16-,17-/m1/s1. The van der Waals surface area contributed by atoms with Crippen LogP contribution in [-0.4, -0.2) is 41.8 Å². The summed E-state index contributed by atoms with van der Waals surface area (Å²) < 4.78 is 11.0. The quantitative estimate of drug-likeness (QED) is 0.662. The number of benzene rings is 1. The maximum Gasteiger partial charge on any atom is 0.241 e. The summed E-state index contributed by atoms with van der Waals surface area (Å²) in [5, 5.41) is 9.76. The topological polar surface area (TPSA) is 76.1 Å².